The third-order valence-corrected chi connectivity index (χ3v) is 6.56. The van der Waals surface area contributed by atoms with Crippen LogP contribution in [0.5, 0.6) is 0 Å². The van der Waals surface area contributed by atoms with Crippen molar-refractivity contribution >= 4 is 10.8 Å². The Labute approximate surface area is 178 Å². The van der Waals surface area contributed by atoms with Crippen molar-refractivity contribution in [2.75, 3.05) is 0 Å². The smallest absolute Gasteiger partial charge is 0.139 e. The summed E-state index contributed by atoms with van der Waals surface area (Å²) in [6, 6.07) is 15.7. The SMILES string of the molecule is CCC1CCC(CCc2ccc(C#Cc3ccc4cc(F)ccc4c3)c(F)c2)CC1. The second kappa shape index (κ2) is 9.43. The van der Waals surface area contributed by atoms with Gasteiger partial charge in [-0.1, -0.05) is 69.1 Å². The van der Waals surface area contributed by atoms with E-state index in [1.807, 2.05) is 24.3 Å². The first-order valence-electron chi connectivity index (χ1n) is 11.1. The summed E-state index contributed by atoms with van der Waals surface area (Å²) in [4.78, 5) is 0. The third-order valence-electron chi connectivity index (χ3n) is 6.56. The summed E-state index contributed by atoms with van der Waals surface area (Å²) < 4.78 is 27.9. The minimum Gasteiger partial charge on any atom is -0.207 e. The van der Waals surface area contributed by atoms with Gasteiger partial charge in [0.25, 0.3) is 0 Å². The highest BCUT2D eigenvalue weighted by Crippen LogP contribution is 2.33. The van der Waals surface area contributed by atoms with Crippen LogP contribution in [0.15, 0.2) is 54.6 Å². The van der Waals surface area contributed by atoms with Crippen LogP contribution in [0.4, 0.5) is 8.78 Å². The van der Waals surface area contributed by atoms with Crippen LogP contribution in [0.2, 0.25) is 0 Å². The molecule has 4 rings (SSSR count). The molecular formula is C28H28F2. The minimum absolute atomic E-state index is 0.252. The topological polar surface area (TPSA) is 0 Å². The van der Waals surface area contributed by atoms with Crippen LogP contribution in [0.3, 0.4) is 0 Å². The molecule has 0 bridgehead atoms. The summed E-state index contributed by atoms with van der Waals surface area (Å²) in [5.74, 6) is 7.19. The lowest BCUT2D eigenvalue weighted by molar-refractivity contribution is 0.259. The molecule has 0 heterocycles. The van der Waals surface area contributed by atoms with E-state index in [-0.39, 0.29) is 11.6 Å². The number of aryl methyl sites for hydroxylation is 1. The van der Waals surface area contributed by atoms with E-state index in [0.29, 0.717) is 5.56 Å². The van der Waals surface area contributed by atoms with Crippen LogP contribution in [0, 0.1) is 35.3 Å². The summed E-state index contributed by atoms with van der Waals surface area (Å²) in [6.07, 6.45) is 8.75. The number of benzene rings is 3. The Kier molecular flexibility index (Phi) is 6.48. The summed E-state index contributed by atoms with van der Waals surface area (Å²) in [6.45, 7) is 2.29. The Morgan fingerprint density at radius 2 is 1.53 bits per heavy atom. The van der Waals surface area contributed by atoms with Gasteiger partial charge >= 0.3 is 0 Å². The molecule has 1 fully saturated rings. The van der Waals surface area contributed by atoms with Gasteiger partial charge in [0, 0.05) is 5.56 Å². The summed E-state index contributed by atoms with van der Waals surface area (Å²) in [5, 5.41) is 1.76. The predicted octanol–water partition coefficient (Wildman–Crippen LogP) is 7.67. The molecular weight excluding hydrogens is 374 g/mol. The molecule has 0 radical (unpaired) electrons. The van der Waals surface area contributed by atoms with Crippen molar-refractivity contribution in [1.82, 2.24) is 0 Å². The number of hydrogen-bond donors (Lipinski definition) is 0. The summed E-state index contributed by atoms with van der Waals surface area (Å²) in [7, 11) is 0. The Morgan fingerprint density at radius 1 is 0.800 bits per heavy atom. The van der Waals surface area contributed by atoms with Crippen LogP contribution in [-0.4, -0.2) is 0 Å². The van der Waals surface area contributed by atoms with Gasteiger partial charge in [-0.25, -0.2) is 8.78 Å². The molecule has 0 spiro atoms. The Balaban J connectivity index is 1.40. The van der Waals surface area contributed by atoms with Gasteiger partial charge in [-0.15, -0.1) is 0 Å². The van der Waals surface area contributed by atoms with E-state index >= 15 is 0 Å². The molecule has 0 unspecified atom stereocenters. The number of hydrogen-bond acceptors (Lipinski definition) is 0. The molecule has 1 saturated carbocycles. The standard InChI is InChI=1S/C28H28F2/c1-2-20-3-5-21(6-4-20)7-8-23-10-13-24(28(30)18-23)12-9-22-11-14-26-19-27(29)16-15-25(26)17-22/h10-11,13-21H,2-8H2,1H3. The van der Waals surface area contributed by atoms with Crippen molar-refractivity contribution in [1.29, 1.82) is 0 Å². The van der Waals surface area contributed by atoms with Crippen molar-refractivity contribution in [2.45, 2.75) is 51.9 Å². The van der Waals surface area contributed by atoms with Gasteiger partial charge in [-0.2, -0.15) is 0 Å². The summed E-state index contributed by atoms with van der Waals surface area (Å²) in [5.41, 5.74) is 2.27. The zero-order valence-electron chi connectivity index (χ0n) is 17.6. The second-order valence-corrected chi connectivity index (χ2v) is 8.60. The van der Waals surface area contributed by atoms with Gasteiger partial charge in [0.05, 0.1) is 5.56 Å². The zero-order valence-corrected chi connectivity index (χ0v) is 17.6. The van der Waals surface area contributed by atoms with Gasteiger partial charge in [0.15, 0.2) is 0 Å². The first kappa shape index (κ1) is 20.6. The molecule has 0 amide bonds. The fourth-order valence-electron chi connectivity index (χ4n) is 4.55. The lowest BCUT2D eigenvalue weighted by Gasteiger charge is -2.27. The lowest BCUT2D eigenvalue weighted by atomic mass is 9.78. The van der Waals surface area contributed by atoms with E-state index in [0.717, 1.165) is 46.6 Å². The maximum absolute atomic E-state index is 14.6. The fraction of sp³-hybridized carbons (Fsp3) is 0.357. The lowest BCUT2D eigenvalue weighted by Crippen LogP contribution is -2.14. The molecule has 0 saturated heterocycles. The fourth-order valence-corrected chi connectivity index (χ4v) is 4.55. The molecule has 0 aliphatic heterocycles. The van der Waals surface area contributed by atoms with Crippen molar-refractivity contribution in [2.24, 2.45) is 11.8 Å². The molecule has 1 aliphatic rings. The van der Waals surface area contributed by atoms with E-state index in [1.54, 1.807) is 18.2 Å². The molecule has 0 aromatic heterocycles. The predicted molar refractivity (Wildman–Crippen MR) is 120 cm³/mol. The van der Waals surface area contributed by atoms with E-state index in [9.17, 15) is 8.78 Å². The minimum atomic E-state index is -0.253. The van der Waals surface area contributed by atoms with E-state index in [2.05, 4.69) is 18.8 Å². The van der Waals surface area contributed by atoms with Gasteiger partial charge in [-0.3, -0.25) is 0 Å². The highest BCUT2D eigenvalue weighted by molar-refractivity contribution is 5.83. The largest absolute Gasteiger partial charge is 0.207 e. The number of halogens is 2. The first-order valence-corrected chi connectivity index (χ1v) is 11.1. The molecule has 0 N–H and O–H groups in total. The molecule has 154 valence electrons. The van der Waals surface area contributed by atoms with Gasteiger partial charge < -0.3 is 0 Å². The number of rotatable bonds is 4. The third kappa shape index (κ3) is 5.08. The van der Waals surface area contributed by atoms with Crippen molar-refractivity contribution in [3.8, 4) is 11.8 Å². The van der Waals surface area contributed by atoms with E-state index in [1.165, 1.54) is 44.2 Å². The molecule has 1 aliphatic carbocycles. The average molecular weight is 403 g/mol. The maximum atomic E-state index is 14.6. The van der Waals surface area contributed by atoms with Gasteiger partial charge in [0.2, 0.25) is 0 Å². The second-order valence-electron chi connectivity index (χ2n) is 8.60. The zero-order chi connectivity index (χ0) is 20.9. The molecule has 0 atom stereocenters. The quantitative estimate of drug-likeness (QED) is 0.393. The highest BCUT2D eigenvalue weighted by Gasteiger charge is 2.19. The Morgan fingerprint density at radius 3 is 2.30 bits per heavy atom. The molecule has 0 nitrogen and oxygen atoms in total. The first-order chi connectivity index (χ1) is 14.6. The van der Waals surface area contributed by atoms with Crippen molar-refractivity contribution < 1.29 is 8.78 Å². The summed E-state index contributed by atoms with van der Waals surface area (Å²) >= 11 is 0. The van der Waals surface area contributed by atoms with Gasteiger partial charge in [0.1, 0.15) is 11.6 Å². The molecule has 3 aromatic carbocycles. The normalized spacial score (nSPS) is 18.8. The van der Waals surface area contributed by atoms with Gasteiger partial charge in [-0.05, 0) is 77.4 Å². The number of fused-ring (bicyclic) bond motifs is 1. The molecule has 2 heteroatoms. The van der Waals surface area contributed by atoms with E-state index in [4.69, 9.17) is 0 Å². The van der Waals surface area contributed by atoms with Crippen LogP contribution >= 0.6 is 0 Å². The van der Waals surface area contributed by atoms with Crippen molar-refractivity contribution in [3.05, 3.63) is 82.9 Å². The van der Waals surface area contributed by atoms with Crippen LogP contribution in [-0.2, 0) is 6.42 Å². The monoisotopic (exact) mass is 402 g/mol. The molecule has 3 aromatic rings. The average Bonchev–Trinajstić information content (AvgIpc) is 2.77. The van der Waals surface area contributed by atoms with Crippen LogP contribution < -0.4 is 0 Å². The van der Waals surface area contributed by atoms with E-state index < -0.39 is 0 Å². The Hall–Kier alpha value is -2.66. The van der Waals surface area contributed by atoms with Crippen molar-refractivity contribution in [3.63, 3.8) is 0 Å². The Bertz CT molecular complexity index is 1080. The van der Waals surface area contributed by atoms with Crippen LogP contribution in [0.1, 0.15) is 62.1 Å². The highest BCUT2D eigenvalue weighted by atomic mass is 19.1. The molecule has 30 heavy (non-hydrogen) atoms. The maximum Gasteiger partial charge on any atom is 0.139 e. The van der Waals surface area contributed by atoms with Crippen LogP contribution in [0.25, 0.3) is 10.8 Å².